The molecule has 0 N–H and O–H groups in total. The summed E-state index contributed by atoms with van der Waals surface area (Å²) in [4.78, 5) is 2.57. The van der Waals surface area contributed by atoms with Crippen LogP contribution in [0, 0.1) is 12.3 Å². The third-order valence-corrected chi connectivity index (χ3v) is 5.75. The van der Waals surface area contributed by atoms with Gasteiger partial charge in [-0.05, 0) is 49.7 Å². The Morgan fingerprint density at radius 1 is 1.05 bits per heavy atom. The van der Waals surface area contributed by atoms with Gasteiger partial charge in [0.15, 0.2) is 0 Å². The summed E-state index contributed by atoms with van der Waals surface area (Å²) < 4.78 is 0. The topological polar surface area (TPSA) is 3.24 Å². The maximum Gasteiger partial charge on any atom is 0.0494 e. The van der Waals surface area contributed by atoms with Crippen molar-refractivity contribution < 1.29 is 0 Å². The quantitative estimate of drug-likeness (QED) is 0.670. The predicted molar refractivity (Wildman–Crippen MR) is 87.7 cm³/mol. The summed E-state index contributed by atoms with van der Waals surface area (Å²) in [6.45, 7) is 4.58. The molecule has 3 rings (SSSR count). The highest BCUT2D eigenvalue weighted by molar-refractivity contribution is 6.17. The van der Waals surface area contributed by atoms with E-state index in [1.807, 2.05) is 0 Å². The summed E-state index contributed by atoms with van der Waals surface area (Å²) in [7, 11) is 0. The molecular weight excluding hydrogens is 266 g/mol. The smallest absolute Gasteiger partial charge is 0.0494 e. The predicted octanol–water partition coefficient (Wildman–Crippen LogP) is 5.28. The van der Waals surface area contributed by atoms with Crippen LogP contribution in [0.5, 0.6) is 0 Å². The molecule has 1 aromatic carbocycles. The third kappa shape index (κ3) is 2.83. The molecule has 2 heteroatoms. The monoisotopic (exact) mass is 291 g/mol. The highest BCUT2D eigenvalue weighted by Crippen LogP contribution is 2.45. The van der Waals surface area contributed by atoms with E-state index in [2.05, 4.69) is 30.0 Å². The standard InChI is InChI=1S/C18H26ClN/c1-15-5-6-17(16(13-15)14-19)20-11-9-18(10-12-20)7-3-2-4-8-18/h5-6,13H,2-4,7-12,14H2,1H3. The Hall–Kier alpha value is -0.690. The molecule has 110 valence electrons. The fraction of sp³-hybridized carbons (Fsp3) is 0.667. The molecule has 1 aromatic rings. The van der Waals surface area contributed by atoms with Crippen molar-refractivity contribution in [2.45, 2.75) is 57.7 Å². The van der Waals surface area contributed by atoms with Crippen LogP contribution in [0.4, 0.5) is 5.69 Å². The molecule has 2 fully saturated rings. The highest BCUT2D eigenvalue weighted by Gasteiger charge is 2.35. The van der Waals surface area contributed by atoms with Crippen LogP contribution in [-0.2, 0) is 5.88 Å². The molecule has 1 aliphatic heterocycles. The van der Waals surface area contributed by atoms with E-state index in [4.69, 9.17) is 11.6 Å². The average molecular weight is 292 g/mol. The van der Waals surface area contributed by atoms with Gasteiger partial charge in [0, 0.05) is 24.7 Å². The zero-order valence-corrected chi connectivity index (χ0v) is 13.4. The number of nitrogens with zero attached hydrogens (tertiary/aromatic N) is 1. The Morgan fingerprint density at radius 3 is 2.40 bits per heavy atom. The Labute approximate surface area is 128 Å². The van der Waals surface area contributed by atoms with Crippen molar-refractivity contribution >= 4 is 17.3 Å². The van der Waals surface area contributed by atoms with Gasteiger partial charge in [-0.3, -0.25) is 0 Å². The Morgan fingerprint density at radius 2 is 1.75 bits per heavy atom. The molecule has 0 atom stereocenters. The Bertz CT molecular complexity index is 452. The zero-order chi connectivity index (χ0) is 14.0. The Kier molecular flexibility index (Phi) is 4.26. The lowest BCUT2D eigenvalue weighted by atomic mass is 9.68. The van der Waals surface area contributed by atoms with E-state index >= 15 is 0 Å². The van der Waals surface area contributed by atoms with Crippen molar-refractivity contribution in [2.75, 3.05) is 18.0 Å². The molecule has 1 saturated heterocycles. The van der Waals surface area contributed by atoms with Crippen LogP contribution in [0.2, 0.25) is 0 Å². The molecule has 0 radical (unpaired) electrons. The van der Waals surface area contributed by atoms with Crippen molar-refractivity contribution in [3.63, 3.8) is 0 Å². The lowest BCUT2D eigenvalue weighted by molar-refractivity contribution is 0.144. The fourth-order valence-electron chi connectivity index (χ4n) is 4.15. The molecule has 1 aliphatic carbocycles. The molecule has 1 heterocycles. The number of alkyl halides is 1. The number of rotatable bonds is 2. The van der Waals surface area contributed by atoms with Crippen LogP contribution in [0.15, 0.2) is 18.2 Å². The fourth-order valence-corrected chi connectivity index (χ4v) is 4.37. The molecule has 1 saturated carbocycles. The summed E-state index contributed by atoms with van der Waals surface area (Å²) in [5, 5.41) is 0. The maximum atomic E-state index is 6.14. The third-order valence-electron chi connectivity index (χ3n) is 5.46. The van der Waals surface area contributed by atoms with Crippen molar-refractivity contribution in [1.82, 2.24) is 0 Å². The van der Waals surface area contributed by atoms with E-state index < -0.39 is 0 Å². The summed E-state index contributed by atoms with van der Waals surface area (Å²) in [6, 6.07) is 6.73. The van der Waals surface area contributed by atoms with E-state index in [9.17, 15) is 0 Å². The normalized spacial score (nSPS) is 22.2. The first-order chi connectivity index (χ1) is 9.72. The van der Waals surface area contributed by atoms with Crippen LogP contribution in [-0.4, -0.2) is 13.1 Å². The second-order valence-electron chi connectivity index (χ2n) is 6.81. The van der Waals surface area contributed by atoms with E-state index in [1.54, 1.807) is 0 Å². The first-order valence-corrected chi connectivity index (χ1v) is 8.66. The highest BCUT2D eigenvalue weighted by atomic mass is 35.5. The van der Waals surface area contributed by atoms with Gasteiger partial charge in [-0.1, -0.05) is 37.0 Å². The van der Waals surface area contributed by atoms with Crippen LogP contribution < -0.4 is 4.90 Å². The summed E-state index contributed by atoms with van der Waals surface area (Å²) in [5.41, 5.74) is 4.66. The second-order valence-corrected chi connectivity index (χ2v) is 7.08. The van der Waals surface area contributed by atoms with Gasteiger partial charge >= 0.3 is 0 Å². The van der Waals surface area contributed by atoms with E-state index in [1.165, 1.54) is 74.8 Å². The van der Waals surface area contributed by atoms with Gasteiger partial charge in [0.05, 0.1) is 0 Å². The molecule has 0 aromatic heterocycles. The van der Waals surface area contributed by atoms with Gasteiger partial charge in [-0.2, -0.15) is 0 Å². The lowest BCUT2D eigenvalue weighted by Crippen LogP contribution is -2.41. The molecule has 0 amide bonds. The molecular formula is C18H26ClN. The lowest BCUT2D eigenvalue weighted by Gasteiger charge is -2.45. The largest absolute Gasteiger partial charge is 0.371 e. The molecule has 2 aliphatic rings. The molecule has 1 spiro atoms. The second kappa shape index (κ2) is 5.97. The first-order valence-electron chi connectivity index (χ1n) is 8.13. The van der Waals surface area contributed by atoms with Crippen molar-refractivity contribution in [3.05, 3.63) is 29.3 Å². The molecule has 0 unspecified atom stereocenters. The van der Waals surface area contributed by atoms with Crippen LogP contribution in [0.3, 0.4) is 0 Å². The van der Waals surface area contributed by atoms with Crippen molar-refractivity contribution in [1.29, 1.82) is 0 Å². The molecule has 0 bridgehead atoms. The summed E-state index contributed by atoms with van der Waals surface area (Å²) >= 11 is 6.14. The average Bonchev–Trinajstić information content (AvgIpc) is 2.49. The van der Waals surface area contributed by atoms with Gasteiger partial charge in [-0.15, -0.1) is 11.6 Å². The number of hydrogen-bond donors (Lipinski definition) is 0. The summed E-state index contributed by atoms with van der Waals surface area (Å²) in [6.07, 6.45) is 10.1. The number of hydrogen-bond acceptors (Lipinski definition) is 1. The minimum absolute atomic E-state index is 0.624. The number of piperidine rings is 1. The zero-order valence-electron chi connectivity index (χ0n) is 12.6. The number of halogens is 1. The van der Waals surface area contributed by atoms with E-state index in [0.29, 0.717) is 11.3 Å². The first kappa shape index (κ1) is 14.3. The van der Waals surface area contributed by atoms with Gasteiger partial charge in [0.25, 0.3) is 0 Å². The van der Waals surface area contributed by atoms with Gasteiger partial charge in [0.2, 0.25) is 0 Å². The maximum absolute atomic E-state index is 6.14. The van der Waals surface area contributed by atoms with Crippen LogP contribution in [0.25, 0.3) is 0 Å². The van der Waals surface area contributed by atoms with E-state index in [-0.39, 0.29) is 0 Å². The van der Waals surface area contributed by atoms with Crippen LogP contribution >= 0.6 is 11.6 Å². The van der Waals surface area contributed by atoms with Crippen LogP contribution in [0.1, 0.15) is 56.1 Å². The van der Waals surface area contributed by atoms with Crippen molar-refractivity contribution in [3.8, 4) is 0 Å². The van der Waals surface area contributed by atoms with Gasteiger partial charge in [0.1, 0.15) is 0 Å². The molecule has 20 heavy (non-hydrogen) atoms. The SMILES string of the molecule is Cc1ccc(N2CCC3(CCCCC3)CC2)c(CCl)c1. The van der Waals surface area contributed by atoms with Crippen molar-refractivity contribution in [2.24, 2.45) is 5.41 Å². The summed E-state index contributed by atoms with van der Waals surface area (Å²) in [5.74, 6) is 0.624. The number of benzene rings is 1. The van der Waals surface area contributed by atoms with Gasteiger partial charge in [-0.25, -0.2) is 0 Å². The minimum Gasteiger partial charge on any atom is -0.371 e. The van der Waals surface area contributed by atoms with Gasteiger partial charge < -0.3 is 4.90 Å². The van der Waals surface area contributed by atoms with E-state index in [0.717, 1.165) is 0 Å². The minimum atomic E-state index is 0.624. The Balaban J connectivity index is 1.71. The molecule has 1 nitrogen and oxygen atoms in total. The number of aryl methyl sites for hydroxylation is 1. The number of anilines is 1.